The number of nitrogens with zero attached hydrogens (tertiary/aromatic N) is 1. The van der Waals surface area contributed by atoms with E-state index in [-0.39, 0.29) is 5.56 Å². The quantitative estimate of drug-likeness (QED) is 0.413. The third-order valence-corrected chi connectivity index (χ3v) is 3.19. The van der Waals surface area contributed by atoms with Crippen LogP contribution in [0.3, 0.4) is 0 Å². The van der Waals surface area contributed by atoms with Gasteiger partial charge in [0, 0.05) is 0 Å². The Balaban J connectivity index is 1.70. The number of fused-ring (bicyclic) bond motifs is 1. The van der Waals surface area contributed by atoms with Gasteiger partial charge in [-0.15, -0.1) is 0 Å². The SMILES string of the molecule is O=C(O/N=C/c1ccc2ccccc2c1)c1ccc(F)cc1. The summed E-state index contributed by atoms with van der Waals surface area (Å²) in [5.41, 5.74) is 1.07. The summed E-state index contributed by atoms with van der Waals surface area (Å²) in [7, 11) is 0. The Hall–Kier alpha value is -3.01. The molecule has 0 saturated heterocycles. The van der Waals surface area contributed by atoms with Gasteiger partial charge in [0.2, 0.25) is 0 Å². The van der Waals surface area contributed by atoms with Gasteiger partial charge in [0.25, 0.3) is 0 Å². The molecular weight excluding hydrogens is 281 g/mol. The number of carbonyl (C=O) groups is 1. The smallest absolute Gasteiger partial charge is 0.313 e. The average molecular weight is 293 g/mol. The van der Waals surface area contributed by atoms with Gasteiger partial charge < -0.3 is 4.84 Å². The molecule has 0 spiro atoms. The van der Waals surface area contributed by atoms with Crippen LogP contribution in [0.15, 0.2) is 71.9 Å². The summed E-state index contributed by atoms with van der Waals surface area (Å²) in [5.74, 6) is -1.03. The first-order valence-electron chi connectivity index (χ1n) is 6.71. The van der Waals surface area contributed by atoms with Crippen LogP contribution in [0.5, 0.6) is 0 Å². The molecule has 0 unspecified atom stereocenters. The Morgan fingerprint density at radius 2 is 1.68 bits per heavy atom. The summed E-state index contributed by atoms with van der Waals surface area (Å²) in [6, 6.07) is 18.8. The lowest BCUT2D eigenvalue weighted by molar-refractivity contribution is 0.0519. The van der Waals surface area contributed by atoms with Crippen LogP contribution in [-0.2, 0) is 4.84 Å². The van der Waals surface area contributed by atoms with E-state index in [1.807, 2.05) is 42.5 Å². The normalized spacial score (nSPS) is 11.0. The summed E-state index contributed by atoms with van der Waals surface area (Å²) in [6.45, 7) is 0. The molecule has 0 bridgehead atoms. The van der Waals surface area contributed by atoms with Gasteiger partial charge in [0.1, 0.15) is 5.82 Å². The molecule has 3 aromatic carbocycles. The number of rotatable bonds is 3. The van der Waals surface area contributed by atoms with Gasteiger partial charge >= 0.3 is 5.97 Å². The van der Waals surface area contributed by atoms with Crippen LogP contribution < -0.4 is 0 Å². The molecule has 4 heteroatoms. The van der Waals surface area contributed by atoms with Crippen molar-refractivity contribution >= 4 is 23.0 Å². The molecule has 108 valence electrons. The van der Waals surface area contributed by atoms with E-state index in [1.165, 1.54) is 30.5 Å². The van der Waals surface area contributed by atoms with E-state index >= 15 is 0 Å². The van der Waals surface area contributed by atoms with Gasteiger partial charge in [-0.1, -0.05) is 41.6 Å². The first kappa shape index (κ1) is 13.9. The lowest BCUT2D eigenvalue weighted by atomic mass is 10.1. The molecule has 0 fully saturated rings. The van der Waals surface area contributed by atoms with Crippen LogP contribution in [-0.4, -0.2) is 12.2 Å². The number of hydrogen-bond donors (Lipinski definition) is 0. The molecule has 0 atom stereocenters. The predicted octanol–water partition coefficient (Wildman–Crippen LogP) is 4.17. The van der Waals surface area contributed by atoms with Crippen LogP contribution in [0.2, 0.25) is 0 Å². The minimum absolute atomic E-state index is 0.247. The summed E-state index contributed by atoms with van der Waals surface area (Å²) in [6.07, 6.45) is 1.47. The van der Waals surface area contributed by atoms with Crippen LogP contribution in [0.25, 0.3) is 10.8 Å². The highest BCUT2D eigenvalue weighted by molar-refractivity contribution is 5.92. The zero-order chi connectivity index (χ0) is 15.4. The molecular formula is C18H12FNO2. The molecule has 0 radical (unpaired) electrons. The van der Waals surface area contributed by atoms with Crippen molar-refractivity contribution in [3.05, 3.63) is 83.7 Å². The Kier molecular flexibility index (Phi) is 3.92. The summed E-state index contributed by atoms with van der Waals surface area (Å²) in [5, 5.41) is 5.89. The second kappa shape index (κ2) is 6.18. The molecule has 22 heavy (non-hydrogen) atoms. The fourth-order valence-corrected chi connectivity index (χ4v) is 2.06. The van der Waals surface area contributed by atoms with Crippen molar-refractivity contribution in [1.29, 1.82) is 0 Å². The van der Waals surface area contributed by atoms with Crippen molar-refractivity contribution in [1.82, 2.24) is 0 Å². The van der Waals surface area contributed by atoms with E-state index in [0.29, 0.717) is 0 Å². The first-order chi connectivity index (χ1) is 10.7. The predicted molar refractivity (Wildman–Crippen MR) is 83.4 cm³/mol. The fraction of sp³-hybridized carbons (Fsp3) is 0. The molecule has 0 aromatic heterocycles. The van der Waals surface area contributed by atoms with Crippen LogP contribution in [0.4, 0.5) is 4.39 Å². The Bertz CT molecular complexity index is 841. The third-order valence-electron chi connectivity index (χ3n) is 3.19. The van der Waals surface area contributed by atoms with Gasteiger partial charge in [-0.3, -0.25) is 0 Å². The Labute approximate surface area is 126 Å². The summed E-state index contributed by atoms with van der Waals surface area (Å²) < 4.78 is 12.8. The van der Waals surface area contributed by atoms with Crippen molar-refractivity contribution < 1.29 is 14.0 Å². The molecule has 3 nitrogen and oxygen atoms in total. The molecule has 3 rings (SSSR count). The fourth-order valence-electron chi connectivity index (χ4n) is 2.06. The van der Waals surface area contributed by atoms with Gasteiger partial charge in [-0.2, -0.15) is 0 Å². The van der Waals surface area contributed by atoms with Crippen LogP contribution >= 0.6 is 0 Å². The number of halogens is 1. The highest BCUT2D eigenvalue weighted by Crippen LogP contribution is 2.14. The molecule has 3 aromatic rings. The minimum atomic E-state index is -0.628. The summed E-state index contributed by atoms with van der Waals surface area (Å²) in [4.78, 5) is 16.5. The van der Waals surface area contributed by atoms with Crippen molar-refractivity contribution in [2.75, 3.05) is 0 Å². The van der Waals surface area contributed by atoms with Gasteiger partial charge in [-0.05, 0) is 46.7 Å². The van der Waals surface area contributed by atoms with Crippen molar-refractivity contribution in [3.63, 3.8) is 0 Å². The Morgan fingerprint density at radius 1 is 0.955 bits per heavy atom. The van der Waals surface area contributed by atoms with Crippen molar-refractivity contribution in [2.45, 2.75) is 0 Å². The van der Waals surface area contributed by atoms with Crippen LogP contribution in [0.1, 0.15) is 15.9 Å². The maximum absolute atomic E-state index is 12.8. The molecule has 0 aliphatic rings. The average Bonchev–Trinajstić information content (AvgIpc) is 2.55. The lowest BCUT2D eigenvalue weighted by Gasteiger charge is -1.99. The first-order valence-corrected chi connectivity index (χ1v) is 6.71. The largest absolute Gasteiger partial charge is 0.365 e. The van der Waals surface area contributed by atoms with E-state index in [4.69, 9.17) is 4.84 Å². The summed E-state index contributed by atoms with van der Waals surface area (Å²) >= 11 is 0. The second-order valence-electron chi connectivity index (χ2n) is 4.73. The topological polar surface area (TPSA) is 38.7 Å². The molecule has 0 N–H and O–H groups in total. The number of oxime groups is 1. The Morgan fingerprint density at radius 3 is 2.45 bits per heavy atom. The molecule has 0 aliphatic carbocycles. The van der Waals surface area contributed by atoms with Crippen LogP contribution in [0, 0.1) is 5.82 Å². The van der Waals surface area contributed by atoms with Gasteiger partial charge in [-0.25, -0.2) is 9.18 Å². The lowest BCUT2D eigenvalue weighted by Crippen LogP contribution is -2.00. The number of hydrogen-bond acceptors (Lipinski definition) is 3. The van der Waals surface area contributed by atoms with Crippen molar-refractivity contribution in [2.24, 2.45) is 5.16 Å². The second-order valence-corrected chi connectivity index (χ2v) is 4.73. The van der Waals surface area contributed by atoms with E-state index in [1.54, 1.807) is 0 Å². The zero-order valence-electron chi connectivity index (χ0n) is 11.6. The maximum Gasteiger partial charge on any atom is 0.365 e. The minimum Gasteiger partial charge on any atom is -0.313 e. The molecule has 0 saturated carbocycles. The molecule has 0 aliphatic heterocycles. The van der Waals surface area contributed by atoms with E-state index in [2.05, 4.69) is 5.16 Å². The zero-order valence-corrected chi connectivity index (χ0v) is 11.6. The van der Waals surface area contributed by atoms with Crippen molar-refractivity contribution in [3.8, 4) is 0 Å². The highest BCUT2D eigenvalue weighted by Gasteiger charge is 2.06. The van der Waals surface area contributed by atoms with E-state index < -0.39 is 11.8 Å². The van der Waals surface area contributed by atoms with E-state index in [9.17, 15) is 9.18 Å². The number of benzene rings is 3. The van der Waals surface area contributed by atoms with Gasteiger partial charge in [0.05, 0.1) is 11.8 Å². The maximum atomic E-state index is 12.8. The monoisotopic (exact) mass is 293 g/mol. The van der Waals surface area contributed by atoms with E-state index in [0.717, 1.165) is 16.3 Å². The highest BCUT2D eigenvalue weighted by atomic mass is 19.1. The molecule has 0 heterocycles. The standard InChI is InChI=1S/C18H12FNO2/c19-17-9-7-15(8-10-17)18(21)22-20-12-13-5-6-14-3-1-2-4-16(14)11-13/h1-12H/b20-12+. The number of carbonyl (C=O) groups excluding carboxylic acids is 1. The molecule has 0 amide bonds. The van der Waals surface area contributed by atoms with Gasteiger partial charge in [0.15, 0.2) is 0 Å². The third kappa shape index (κ3) is 3.17.